The molecule has 0 unspecified atom stereocenters. The quantitative estimate of drug-likeness (QED) is 0.708. The topological polar surface area (TPSA) is 81.1 Å². The Labute approximate surface area is 158 Å². The van der Waals surface area contributed by atoms with E-state index in [4.69, 9.17) is 0 Å². The van der Waals surface area contributed by atoms with Crippen molar-refractivity contribution in [1.82, 2.24) is 9.78 Å². The van der Waals surface area contributed by atoms with Crippen molar-refractivity contribution >= 4 is 21.4 Å². The van der Waals surface area contributed by atoms with E-state index in [-0.39, 0.29) is 10.5 Å². The summed E-state index contributed by atoms with van der Waals surface area (Å²) in [4.78, 5) is 12.7. The van der Waals surface area contributed by atoms with Gasteiger partial charge < -0.3 is 5.32 Å². The third kappa shape index (κ3) is 4.25. The van der Waals surface area contributed by atoms with Crippen LogP contribution in [0.2, 0.25) is 0 Å². The molecule has 140 valence electrons. The summed E-state index contributed by atoms with van der Waals surface area (Å²) >= 11 is 0. The van der Waals surface area contributed by atoms with Crippen LogP contribution < -0.4 is 5.32 Å². The summed E-state index contributed by atoms with van der Waals surface area (Å²) in [5.41, 5.74) is 1.78. The number of amides is 1. The molecule has 1 amide bonds. The third-order valence-electron chi connectivity index (χ3n) is 4.17. The molecule has 1 N–H and O–H groups in total. The molecule has 27 heavy (non-hydrogen) atoms. The van der Waals surface area contributed by atoms with Crippen LogP contribution in [0.5, 0.6) is 0 Å². The monoisotopic (exact) mass is 383 g/mol. The number of aromatic nitrogens is 2. The highest BCUT2D eigenvalue weighted by Crippen LogP contribution is 2.22. The summed E-state index contributed by atoms with van der Waals surface area (Å²) in [7, 11) is -3.55. The van der Waals surface area contributed by atoms with Crippen molar-refractivity contribution in [3.63, 3.8) is 0 Å². The van der Waals surface area contributed by atoms with Crippen LogP contribution in [0.15, 0.2) is 71.9 Å². The molecule has 3 aromatic rings. The molecule has 0 bridgehead atoms. The van der Waals surface area contributed by atoms with E-state index in [1.165, 1.54) is 12.1 Å². The number of hydrogen-bond donors (Lipinski definition) is 1. The minimum Gasteiger partial charge on any atom is -0.322 e. The Hall–Kier alpha value is -2.93. The molecule has 3 rings (SSSR count). The molecule has 1 aromatic heterocycles. The molecular weight excluding hydrogens is 362 g/mol. The van der Waals surface area contributed by atoms with Gasteiger partial charge in [0.2, 0.25) is 0 Å². The minimum absolute atomic E-state index is 0.0489. The maximum absolute atomic E-state index is 12.7. The van der Waals surface area contributed by atoms with Gasteiger partial charge in [-0.1, -0.05) is 24.3 Å². The van der Waals surface area contributed by atoms with Crippen molar-refractivity contribution in [2.45, 2.75) is 30.5 Å². The lowest BCUT2D eigenvalue weighted by molar-refractivity contribution is 0.102. The molecule has 0 atom stereocenters. The molecule has 0 saturated carbocycles. The number of carbonyl (C=O) groups excluding carboxylic acids is 1. The van der Waals surface area contributed by atoms with Gasteiger partial charge in [0.25, 0.3) is 5.91 Å². The highest BCUT2D eigenvalue weighted by Gasteiger charge is 2.25. The standard InChI is InChI=1S/C20H21N3O3S/c1-15(2)27(25,26)19-7-4-3-6-18(19)20(24)22-17-10-8-16(9-11-17)14-23-13-5-12-21-23/h3-13,15H,14H2,1-2H3,(H,22,24). The number of carbonyl (C=O) groups is 1. The molecule has 6 nitrogen and oxygen atoms in total. The Morgan fingerprint density at radius 2 is 1.78 bits per heavy atom. The van der Waals surface area contributed by atoms with E-state index in [1.54, 1.807) is 49.0 Å². The average molecular weight is 383 g/mol. The average Bonchev–Trinajstić information content (AvgIpc) is 3.16. The first kappa shape index (κ1) is 18.8. The van der Waals surface area contributed by atoms with Crippen LogP contribution >= 0.6 is 0 Å². The summed E-state index contributed by atoms with van der Waals surface area (Å²) < 4.78 is 26.8. The summed E-state index contributed by atoms with van der Waals surface area (Å²) in [6.45, 7) is 3.83. The number of benzene rings is 2. The van der Waals surface area contributed by atoms with Crippen molar-refractivity contribution in [2.75, 3.05) is 5.32 Å². The van der Waals surface area contributed by atoms with Crippen LogP contribution in [0.25, 0.3) is 0 Å². The largest absolute Gasteiger partial charge is 0.322 e. The fourth-order valence-electron chi connectivity index (χ4n) is 2.63. The first-order valence-electron chi connectivity index (χ1n) is 8.58. The van der Waals surface area contributed by atoms with E-state index in [9.17, 15) is 13.2 Å². The predicted molar refractivity (Wildman–Crippen MR) is 104 cm³/mol. The van der Waals surface area contributed by atoms with Crippen molar-refractivity contribution in [2.24, 2.45) is 0 Å². The third-order valence-corrected chi connectivity index (χ3v) is 6.38. The lowest BCUT2D eigenvalue weighted by atomic mass is 10.2. The second kappa shape index (κ2) is 7.75. The van der Waals surface area contributed by atoms with Crippen molar-refractivity contribution in [3.05, 3.63) is 78.1 Å². The van der Waals surface area contributed by atoms with E-state index >= 15 is 0 Å². The van der Waals surface area contributed by atoms with Gasteiger partial charge in [-0.2, -0.15) is 5.10 Å². The fraction of sp³-hybridized carbons (Fsp3) is 0.200. The predicted octanol–water partition coefficient (Wildman–Crippen LogP) is 3.37. The molecule has 0 fully saturated rings. The summed E-state index contributed by atoms with van der Waals surface area (Å²) in [5.74, 6) is -0.449. The Morgan fingerprint density at radius 1 is 1.07 bits per heavy atom. The van der Waals surface area contributed by atoms with Crippen LogP contribution in [0.1, 0.15) is 29.8 Å². The zero-order valence-corrected chi connectivity index (χ0v) is 16.0. The van der Waals surface area contributed by atoms with Crippen molar-refractivity contribution < 1.29 is 13.2 Å². The van der Waals surface area contributed by atoms with Gasteiger partial charge in [0.15, 0.2) is 9.84 Å². The fourth-order valence-corrected chi connectivity index (χ4v) is 3.87. The van der Waals surface area contributed by atoms with E-state index < -0.39 is 21.0 Å². The Bertz CT molecular complexity index is 1020. The second-order valence-electron chi connectivity index (χ2n) is 6.44. The molecule has 1 heterocycles. The van der Waals surface area contributed by atoms with Gasteiger partial charge in [-0.25, -0.2) is 8.42 Å². The van der Waals surface area contributed by atoms with Crippen LogP contribution in [-0.2, 0) is 16.4 Å². The van der Waals surface area contributed by atoms with Gasteiger partial charge in [0.1, 0.15) is 0 Å². The molecule has 0 aliphatic heterocycles. The van der Waals surface area contributed by atoms with Crippen LogP contribution in [0.3, 0.4) is 0 Å². The second-order valence-corrected chi connectivity index (χ2v) is 8.92. The normalized spacial score (nSPS) is 11.5. The first-order valence-corrected chi connectivity index (χ1v) is 10.1. The van der Waals surface area contributed by atoms with Gasteiger partial charge in [-0.15, -0.1) is 0 Å². The maximum atomic E-state index is 12.7. The number of nitrogens with zero attached hydrogens (tertiary/aromatic N) is 2. The molecule has 0 radical (unpaired) electrons. The Kier molecular flexibility index (Phi) is 5.41. The van der Waals surface area contributed by atoms with E-state index in [0.717, 1.165) is 5.56 Å². The highest BCUT2D eigenvalue weighted by atomic mass is 32.2. The number of anilines is 1. The van der Waals surface area contributed by atoms with Crippen molar-refractivity contribution in [3.8, 4) is 0 Å². The van der Waals surface area contributed by atoms with Gasteiger partial charge in [-0.05, 0) is 49.7 Å². The number of sulfone groups is 1. The van der Waals surface area contributed by atoms with E-state index in [2.05, 4.69) is 10.4 Å². The highest BCUT2D eigenvalue weighted by molar-refractivity contribution is 7.92. The lowest BCUT2D eigenvalue weighted by Crippen LogP contribution is -2.20. The summed E-state index contributed by atoms with van der Waals surface area (Å²) in [5, 5.41) is 6.33. The zero-order chi connectivity index (χ0) is 19.4. The Balaban J connectivity index is 1.78. The lowest BCUT2D eigenvalue weighted by Gasteiger charge is -2.13. The van der Waals surface area contributed by atoms with Crippen LogP contribution in [0.4, 0.5) is 5.69 Å². The van der Waals surface area contributed by atoms with Gasteiger partial charge in [-0.3, -0.25) is 9.48 Å². The van der Waals surface area contributed by atoms with E-state index in [0.29, 0.717) is 12.2 Å². The molecule has 0 aliphatic rings. The van der Waals surface area contributed by atoms with Gasteiger partial charge in [0.05, 0.1) is 22.3 Å². The van der Waals surface area contributed by atoms with Crippen LogP contribution in [-0.4, -0.2) is 29.4 Å². The summed E-state index contributed by atoms with van der Waals surface area (Å²) in [6.07, 6.45) is 3.60. The zero-order valence-electron chi connectivity index (χ0n) is 15.2. The molecular formula is C20H21N3O3S. The van der Waals surface area contributed by atoms with Gasteiger partial charge >= 0.3 is 0 Å². The minimum atomic E-state index is -3.55. The Morgan fingerprint density at radius 3 is 2.41 bits per heavy atom. The molecule has 0 saturated heterocycles. The smallest absolute Gasteiger partial charge is 0.256 e. The van der Waals surface area contributed by atoms with Crippen molar-refractivity contribution in [1.29, 1.82) is 0 Å². The molecule has 0 spiro atoms. The van der Waals surface area contributed by atoms with Crippen LogP contribution in [0, 0.1) is 0 Å². The molecule has 7 heteroatoms. The van der Waals surface area contributed by atoms with E-state index in [1.807, 2.05) is 24.4 Å². The first-order chi connectivity index (χ1) is 12.9. The summed E-state index contributed by atoms with van der Waals surface area (Å²) in [6, 6.07) is 15.5. The number of nitrogens with one attached hydrogen (secondary N) is 1. The maximum Gasteiger partial charge on any atom is 0.256 e. The molecule has 2 aromatic carbocycles. The number of hydrogen-bond acceptors (Lipinski definition) is 4. The van der Waals surface area contributed by atoms with Gasteiger partial charge in [0, 0.05) is 18.1 Å². The SMILES string of the molecule is CC(C)S(=O)(=O)c1ccccc1C(=O)Nc1ccc(Cn2cccn2)cc1. The number of rotatable bonds is 6. The molecule has 0 aliphatic carbocycles.